The molecule has 0 amide bonds. The Balaban J connectivity index is 0.00000364. The highest BCUT2D eigenvalue weighted by atomic mass is 35.5. The number of carbonyl (C=O) groups is 1. The molecule has 1 aliphatic rings. The van der Waals surface area contributed by atoms with Crippen LogP contribution in [-0.4, -0.2) is 80.4 Å². The molecule has 154 valence electrons. The summed E-state index contributed by atoms with van der Waals surface area (Å²) in [4.78, 5) is 13.2. The second-order valence-corrected chi connectivity index (χ2v) is 8.76. The van der Waals surface area contributed by atoms with Crippen LogP contribution < -0.4 is 0 Å². The SMILES string of the molecule is Cc1ccccc1CCCN1CCOC(CN(CC(=O)O)S(C)(=O)=O)C1.Cl. The zero-order valence-corrected chi connectivity index (χ0v) is 17.5. The number of hydrogen-bond acceptors (Lipinski definition) is 5. The first kappa shape index (κ1) is 23.8. The van der Waals surface area contributed by atoms with E-state index in [1.807, 2.05) is 6.07 Å². The molecule has 1 heterocycles. The van der Waals surface area contributed by atoms with Crippen molar-refractivity contribution in [2.75, 3.05) is 45.6 Å². The van der Waals surface area contributed by atoms with Crippen LogP contribution >= 0.6 is 12.4 Å². The third-order valence-electron chi connectivity index (χ3n) is 4.59. The second-order valence-electron chi connectivity index (χ2n) is 6.77. The number of carboxylic acids is 1. The number of carboxylic acid groups (broad SMARTS) is 1. The first-order chi connectivity index (χ1) is 12.3. The molecule has 0 bridgehead atoms. The Hall–Kier alpha value is -1.19. The van der Waals surface area contributed by atoms with Gasteiger partial charge in [-0.25, -0.2) is 8.42 Å². The van der Waals surface area contributed by atoms with Crippen LogP contribution in [0.5, 0.6) is 0 Å². The van der Waals surface area contributed by atoms with Crippen LogP contribution in [0.2, 0.25) is 0 Å². The van der Waals surface area contributed by atoms with Gasteiger partial charge in [-0.15, -0.1) is 12.4 Å². The fourth-order valence-electron chi connectivity index (χ4n) is 3.17. The number of nitrogens with zero attached hydrogens (tertiary/aromatic N) is 2. The molecule has 1 aromatic rings. The quantitative estimate of drug-likeness (QED) is 0.649. The monoisotopic (exact) mass is 420 g/mol. The zero-order valence-electron chi connectivity index (χ0n) is 15.8. The third-order valence-corrected chi connectivity index (χ3v) is 5.81. The van der Waals surface area contributed by atoms with Crippen molar-refractivity contribution in [3.8, 4) is 0 Å². The maximum absolute atomic E-state index is 11.8. The van der Waals surface area contributed by atoms with E-state index in [2.05, 4.69) is 30.0 Å². The number of halogens is 1. The van der Waals surface area contributed by atoms with E-state index in [0.29, 0.717) is 13.2 Å². The fourth-order valence-corrected chi connectivity index (χ4v) is 3.95. The van der Waals surface area contributed by atoms with Crippen molar-refractivity contribution in [3.63, 3.8) is 0 Å². The highest BCUT2D eigenvalue weighted by molar-refractivity contribution is 7.88. The highest BCUT2D eigenvalue weighted by Gasteiger charge is 2.27. The average molecular weight is 421 g/mol. The number of aryl methyl sites for hydroxylation is 2. The minimum atomic E-state index is -3.58. The standard InChI is InChI=1S/C18H28N2O5S.ClH/c1-15-6-3-4-7-16(15)8-5-9-19-10-11-25-17(12-19)13-20(14-18(21)22)26(2,23)24;/h3-4,6-7,17H,5,8-14H2,1-2H3,(H,21,22);1H. The highest BCUT2D eigenvalue weighted by Crippen LogP contribution is 2.13. The lowest BCUT2D eigenvalue weighted by Gasteiger charge is -2.34. The summed E-state index contributed by atoms with van der Waals surface area (Å²) in [6.45, 7) is 4.50. The molecule has 9 heteroatoms. The largest absolute Gasteiger partial charge is 0.480 e. The van der Waals surface area contributed by atoms with Crippen LogP contribution in [-0.2, 0) is 26.0 Å². The van der Waals surface area contributed by atoms with Crippen molar-refractivity contribution in [3.05, 3.63) is 35.4 Å². The summed E-state index contributed by atoms with van der Waals surface area (Å²) in [5.41, 5.74) is 2.65. The van der Waals surface area contributed by atoms with Gasteiger partial charge in [-0.1, -0.05) is 24.3 Å². The molecule has 1 N–H and O–H groups in total. The number of hydrogen-bond donors (Lipinski definition) is 1. The van der Waals surface area contributed by atoms with Gasteiger partial charge in [-0.05, 0) is 37.4 Å². The predicted octanol–water partition coefficient (Wildman–Crippen LogP) is 1.40. The van der Waals surface area contributed by atoms with E-state index in [4.69, 9.17) is 9.84 Å². The molecule has 0 spiro atoms. The van der Waals surface area contributed by atoms with Crippen molar-refractivity contribution >= 4 is 28.4 Å². The molecular formula is C18H29ClN2O5S. The Morgan fingerprint density at radius 1 is 1.37 bits per heavy atom. The molecule has 0 aliphatic carbocycles. The second kappa shape index (κ2) is 11.0. The van der Waals surface area contributed by atoms with Crippen molar-refractivity contribution < 1.29 is 23.1 Å². The number of aliphatic carboxylic acids is 1. The number of sulfonamides is 1. The van der Waals surface area contributed by atoms with Gasteiger partial charge >= 0.3 is 5.97 Å². The summed E-state index contributed by atoms with van der Waals surface area (Å²) in [7, 11) is -3.58. The van der Waals surface area contributed by atoms with E-state index in [1.165, 1.54) is 11.1 Å². The van der Waals surface area contributed by atoms with E-state index in [9.17, 15) is 13.2 Å². The van der Waals surface area contributed by atoms with Crippen LogP contribution in [0.25, 0.3) is 0 Å². The zero-order chi connectivity index (χ0) is 19.2. The normalized spacial score (nSPS) is 18.3. The molecule has 1 saturated heterocycles. The Kier molecular flexibility index (Phi) is 9.69. The lowest BCUT2D eigenvalue weighted by atomic mass is 10.0. The van der Waals surface area contributed by atoms with E-state index in [-0.39, 0.29) is 25.1 Å². The first-order valence-corrected chi connectivity index (χ1v) is 10.7. The summed E-state index contributed by atoms with van der Waals surface area (Å²) >= 11 is 0. The van der Waals surface area contributed by atoms with Crippen molar-refractivity contribution in [1.29, 1.82) is 0 Å². The van der Waals surface area contributed by atoms with Crippen molar-refractivity contribution in [1.82, 2.24) is 9.21 Å². The summed E-state index contributed by atoms with van der Waals surface area (Å²) in [5, 5.41) is 8.92. The van der Waals surface area contributed by atoms with E-state index >= 15 is 0 Å². The average Bonchev–Trinajstić information content (AvgIpc) is 2.55. The molecule has 0 saturated carbocycles. The molecule has 1 unspecified atom stereocenters. The van der Waals surface area contributed by atoms with Gasteiger partial charge in [0.25, 0.3) is 0 Å². The van der Waals surface area contributed by atoms with Gasteiger partial charge in [0, 0.05) is 19.6 Å². The minimum absolute atomic E-state index is 0. The topological polar surface area (TPSA) is 87.2 Å². The van der Waals surface area contributed by atoms with Crippen LogP contribution in [0.15, 0.2) is 24.3 Å². The van der Waals surface area contributed by atoms with Gasteiger partial charge in [-0.3, -0.25) is 9.69 Å². The Bertz CT molecular complexity index is 713. The van der Waals surface area contributed by atoms with Gasteiger partial charge in [0.2, 0.25) is 10.0 Å². The van der Waals surface area contributed by atoms with Gasteiger partial charge in [0.15, 0.2) is 0 Å². The molecule has 1 aromatic carbocycles. The van der Waals surface area contributed by atoms with Crippen LogP contribution in [0.3, 0.4) is 0 Å². The minimum Gasteiger partial charge on any atom is -0.480 e. The maximum atomic E-state index is 11.8. The van der Waals surface area contributed by atoms with Gasteiger partial charge in [0.05, 0.1) is 19.0 Å². The number of benzene rings is 1. The fraction of sp³-hybridized carbons (Fsp3) is 0.611. The third kappa shape index (κ3) is 8.15. The van der Waals surface area contributed by atoms with Crippen molar-refractivity contribution in [2.45, 2.75) is 25.9 Å². The number of rotatable bonds is 9. The van der Waals surface area contributed by atoms with Crippen LogP contribution in [0.1, 0.15) is 17.5 Å². The Morgan fingerprint density at radius 3 is 2.70 bits per heavy atom. The molecule has 7 nitrogen and oxygen atoms in total. The molecule has 1 aliphatic heterocycles. The molecule has 1 fully saturated rings. The van der Waals surface area contributed by atoms with Crippen LogP contribution in [0, 0.1) is 6.92 Å². The van der Waals surface area contributed by atoms with Crippen LogP contribution in [0.4, 0.5) is 0 Å². The first-order valence-electron chi connectivity index (χ1n) is 8.81. The Labute approximate surface area is 167 Å². The summed E-state index contributed by atoms with van der Waals surface area (Å²) in [5.74, 6) is -1.17. The molecule has 2 rings (SSSR count). The summed E-state index contributed by atoms with van der Waals surface area (Å²) in [6, 6.07) is 8.35. The van der Waals surface area contributed by atoms with Gasteiger partial charge < -0.3 is 9.84 Å². The molecule has 27 heavy (non-hydrogen) atoms. The molecular weight excluding hydrogens is 392 g/mol. The van der Waals surface area contributed by atoms with E-state index in [1.54, 1.807) is 0 Å². The number of morpholine rings is 1. The Morgan fingerprint density at radius 2 is 2.07 bits per heavy atom. The van der Waals surface area contributed by atoms with E-state index in [0.717, 1.165) is 36.5 Å². The lowest BCUT2D eigenvalue weighted by Crippen LogP contribution is -2.49. The molecule has 1 atom stereocenters. The van der Waals surface area contributed by atoms with Gasteiger partial charge in [-0.2, -0.15) is 4.31 Å². The predicted molar refractivity (Wildman–Crippen MR) is 107 cm³/mol. The smallest absolute Gasteiger partial charge is 0.318 e. The summed E-state index contributed by atoms with van der Waals surface area (Å²) < 4.78 is 30.2. The molecule has 0 aromatic heterocycles. The lowest BCUT2D eigenvalue weighted by molar-refractivity contribution is -0.137. The summed E-state index contributed by atoms with van der Waals surface area (Å²) in [6.07, 6.45) is 2.74. The van der Waals surface area contributed by atoms with Gasteiger partial charge in [0.1, 0.15) is 6.54 Å². The van der Waals surface area contributed by atoms with Crippen molar-refractivity contribution in [2.24, 2.45) is 0 Å². The molecule has 0 radical (unpaired) electrons. The van der Waals surface area contributed by atoms with E-state index < -0.39 is 22.5 Å². The maximum Gasteiger partial charge on any atom is 0.318 e. The number of ether oxygens (including phenoxy) is 1.